The van der Waals surface area contributed by atoms with Gasteiger partial charge in [-0.05, 0) is 45.1 Å². The molecule has 12 heteroatoms. The van der Waals surface area contributed by atoms with Crippen LogP contribution in [0.4, 0.5) is 0 Å². The molecule has 4 aromatic rings. The third-order valence-electron chi connectivity index (χ3n) is 5.30. The van der Waals surface area contributed by atoms with Gasteiger partial charge in [-0.3, -0.25) is 14.8 Å². The predicted octanol–water partition coefficient (Wildman–Crippen LogP) is 0.0820. The van der Waals surface area contributed by atoms with Crippen LogP contribution in [0.25, 0.3) is 22.3 Å². The van der Waals surface area contributed by atoms with E-state index in [0.29, 0.717) is 33.5 Å². The van der Waals surface area contributed by atoms with Crippen molar-refractivity contribution in [2.45, 2.75) is 18.9 Å². The first-order valence-corrected chi connectivity index (χ1v) is 11.7. The summed E-state index contributed by atoms with van der Waals surface area (Å²) in [4.78, 5) is 41.9. The van der Waals surface area contributed by atoms with E-state index < -0.39 is 5.69 Å². The van der Waals surface area contributed by atoms with Crippen molar-refractivity contribution < 1.29 is 9.90 Å². The maximum absolute atomic E-state index is 12.5. The Morgan fingerprint density at radius 2 is 2.21 bits per heavy atom. The number of imidazole rings is 1. The number of aromatic hydroxyl groups is 1. The second kappa shape index (κ2) is 8.88. The molecule has 0 aromatic carbocycles. The number of nitrogens with zero attached hydrogens (tertiary/aromatic N) is 5. The normalized spacial score (nSPS) is 15.0. The SMILES string of the molecule is CN(C)CCNC(=O)c1ccc(-c2cc(=NC3CC3)n3nc/c(=C\c4[nH]c(=O)[nH]c4O)c3n2)s1. The molecule has 0 bridgehead atoms. The number of rotatable bonds is 7. The number of amides is 1. The maximum Gasteiger partial charge on any atom is 0.326 e. The van der Waals surface area contributed by atoms with Gasteiger partial charge in [-0.2, -0.15) is 9.61 Å². The van der Waals surface area contributed by atoms with E-state index in [1.165, 1.54) is 11.3 Å². The third kappa shape index (κ3) is 4.63. The Balaban J connectivity index is 1.56. The van der Waals surface area contributed by atoms with Crippen LogP contribution in [0.2, 0.25) is 0 Å². The topological polar surface area (TPSA) is 144 Å². The van der Waals surface area contributed by atoms with E-state index >= 15 is 0 Å². The van der Waals surface area contributed by atoms with Crippen LogP contribution < -0.4 is 21.7 Å². The molecule has 1 saturated carbocycles. The molecule has 11 nitrogen and oxygen atoms in total. The molecule has 1 amide bonds. The largest absolute Gasteiger partial charge is 0.493 e. The summed E-state index contributed by atoms with van der Waals surface area (Å²) in [5.74, 6) is -0.376. The zero-order valence-corrected chi connectivity index (χ0v) is 19.5. The molecule has 4 heterocycles. The number of aromatic nitrogens is 5. The molecule has 4 aromatic heterocycles. The Morgan fingerprint density at radius 1 is 1.38 bits per heavy atom. The highest BCUT2D eigenvalue weighted by Crippen LogP contribution is 2.27. The maximum atomic E-state index is 12.5. The molecule has 1 aliphatic carbocycles. The summed E-state index contributed by atoms with van der Waals surface area (Å²) < 4.78 is 1.65. The molecule has 5 rings (SSSR count). The highest BCUT2D eigenvalue weighted by atomic mass is 32.1. The number of carbonyl (C=O) groups is 1. The van der Waals surface area contributed by atoms with Gasteiger partial charge in [0.05, 0.1) is 27.7 Å². The second-order valence-corrected chi connectivity index (χ2v) is 9.49. The van der Waals surface area contributed by atoms with Crippen molar-refractivity contribution in [1.29, 1.82) is 0 Å². The van der Waals surface area contributed by atoms with Gasteiger partial charge in [0.1, 0.15) is 5.69 Å². The third-order valence-corrected chi connectivity index (χ3v) is 6.41. The van der Waals surface area contributed by atoms with E-state index in [-0.39, 0.29) is 23.5 Å². The Morgan fingerprint density at radius 3 is 2.91 bits per heavy atom. The van der Waals surface area contributed by atoms with Crippen LogP contribution in [0, 0.1) is 0 Å². The molecule has 1 fully saturated rings. The van der Waals surface area contributed by atoms with Gasteiger partial charge >= 0.3 is 5.69 Å². The number of H-pyrrole nitrogens is 2. The zero-order valence-electron chi connectivity index (χ0n) is 18.7. The molecule has 176 valence electrons. The summed E-state index contributed by atoms with van der Waals surface area (Å²) in [7, 11) is 3.91. The number of hydrogen-bond donors (Lipinski definition) is 4. The molecule has 0 radical (unpaired) electrons. The molecule has 0 saturated heterocycles. The molecular weight excluding hydrogens is 456 g/mol. The fourth-order valence-corrected chi connectivity index (χ4v) is 4.28. The summed E-state index contributed by atoms with van der Waals surface area (Å²) >= 11 is 1.36. The molecule has 0 unspecified atom stereocenters. The first-order chi connectivity index (χ1) is 16.4. The van der Waals surface area contributed by atoms with Crippen LogP contribution in [0.5, 0.6) is 5.88 Å². The first kappa shape index (κ1) is 22.0. The number of hydrogen-bond acceptors (Lipinski definition) is 8. The van der Waals surface area contributed by atoms with E-state index in [1.807, 2.05) is 31.1 Å². The van der Waals surface area contributed by atoms with Crippen molar-refractivity contribution in [3.05, 3.63) is 56.2 Å². The smallest absolute Gasteiger partial charge is 0.326 e. The monoisotopic (exact) mass is 480 g/mol. The molecule has 0 atom stereocenters. The molecule has 0 aliphatic heterocycles. The molecular formula is C22H24N8O3S. The van der Waals surface area contributed by atoms with Crippen molar-refractivity contribution in [1.82, 2.24) is 34.8 Å². The minimum atomic E-state index is -0.506. The van der Waals surface area contributed by atoms with E-state index in [0.717, 1.165) is 24.3 Å². The van der Waals surface area contributed by atoms with Crippen LogP contribution in [-0.4, -0.2) is 73.7 Å². The van der Waals surface area contributed by atoms with Gasteiger partial charge in [-0.25, -0.2) is 9.78 Å². The van der Waals surface area contributed by atoms with E-state index in [2.05, 4.69) is 20.4 Å². The summed E-state index contributed by atoms with van der Waals surface area (Å²) in [5, 5.41) is 17.9. The molecule has 1 aliphatic rings. The second-order valence-electron chi connectivity index (χ2n) is 8.40. The van der Waals surface area contributed by atoms with Crippen molar-refractivity contribution in [3.8, 4) is 16.5 Å². The number of aromatic amines is 2. The number of nitrogens with one attached hydrogen (secondary N) is 3. The van der Waals surface area contributed by atoms with Crippen LogP contribution in [0.15, 0.2) is 34.2 Å². The lowest BCUT2D eigenvalue weighted by atomic mass is 10.3. The van der Waals surface area contributed by atoms with Crippen LogP contribution in [0.1, 0.15) is 28.2 Å². The van der Waals surface area contributed by atoms with Gasteiger partial charge in [-0.15, -0.1) is 11.3 Å². The highest BCUT2D eigenvalue weighted by Gasteiger charge is 2.21. The van der Waals surface area contributed by atoms with Gasteiger partial charge in [0.25, 0.3) is 5.91 Å². The Kier molecular flexibility index (Phi) is 5.75. The lowest BCUT2D eigenvalue weighted by Gasteiger charge is -2.09. The number of likely N-dealkylation sites (N-methyl/N-ethyl adjacent to an activating group) is 1. The van der Waals surface area contributed by atoms with Gasteiger partial charge in [0.15, 0.2) is 11.1 Å². The molecule has 0 spiro atoms. The standard InChI is InChI=1S/C22H24N8O3S/c1-29(2)8-7-23-21(32)17-6-5-16(34-17)14-10-18(25-13-3-4-13)30-19(26-14)12(11-24-30)9-15-20(31)28-22(33)27-15/h5-6,9-11,13,31H,3-4,7-8H2,1-2H3,(H,23,32)(H2,27,28,33)/b12-9+,25-18?. The Hall–Kier alpha value is -3.77. The fraction of sp³-hybridized carbons (Fsp3) is 0.318. The van der Waals surface area contributed by atoms with E-state index in [4.69, 9.17) is 9.98 Å². The quantitative estimate of drug-likeness (QED) is 0.295. The summed E-state index contributed by atoms with van der Waals surface area (Å²) in [6, 6.07) is 5.81. The summed E-state index contributed by atoms with van der Waals surface area (Å²) in [6.07, 6.45) is 5.29. The van der Waals surface area contributed by atoms with Crippen molar-refractivity contribution in [2.75, 3.05) is 27.2 Å². The lowest BCUT2D eigenvalue weighted by Crippen LogP contribution is -2.30. The van der Waals surface area contributed by atoms with Crippen molar-refractivity contribution in [2.24, 2.45) is 4.99 Å². The predicted molar refractivity (Wildman–Crippen MR) is 128 cm³/mol. The fourth-order valence-electron chi connectivity index (χ4n) is 3.40. The van der Waals surface area contributed by atoms with Gasteiger partial charge in [0, 0.05) is 24.4 Å². The first-order valence-electron chi connectivity index (χ1n) is 10.9. The lowest BCUT2D eigenvalue weighted by molar-refractivity contribution is 0.0955. The average molecular weight is 481 g/mol. The molecule has 34 heavy (non-hydrogen) atoms. The summed E-state index contributed by atoms with van der Waals surface area (Å²) in [5.41, 5.74) is 1.60. The Bertz CT molecular complexity index is 1540. The van der Waals surface area contributed by atoms with E-state index in [1.54, 1.807) is 22.9 Å². The van der Waals surface area contributed by atoms with Crippen LogP contribution in [0.3, 0.4) is 0 Å². The number of carbonyl (C=O) groups excluding carboxylic acids is 1. The number of fused-ring (bicyclic) bond motifs is 1. The summed E-state index contributed by atoms with van der Waals surface area (Å²) in [6.45, 7) is 1.33. The molecule has 4 N–H and O–H groups in total. The minimum absolute atomic E-state index is 0.118. The van der Waals surface area contributed by atoms with Crippen molar-refractivity contribution >= 4 is 29.0 Å². The minimum Gasteiger partial charge on any atom is -0.493 e. The van der Waals surface area contributed by atoms with Gasteiger partial charge < -0.3 is 20.3 Å². The zero-order chi connectivity index (χ0) is 23.8. The number of thiophene rings is 1. The van der Waals surface area contributed by atoms with Crippen molar-refractivity contribution in [3.63, 3.8) is 0 Å². The Labute approximate surface area is 197 Å². The highest BCUT2D eigenvalue weighted by molar-refractivity contribution is 7.17. The van der Waals surface area contributed by atoms with Crippen LogP contribution >= 0.6 is 11.3 Å². The van der Waals surface area contributed by atoms with Gasteiger partial charge in [0.2, 0.25) is 5.88 Å². The van der Waals surface area contributed by atoms with E-state index in [9.17, 15) is 14.7 Å². The van der Waals surface area contributed by atoms with Crippen LogP contribution in [-0.2, 0) is 0 Å². The average Bonchev–Trinajstić information content (AvgIpc) is 3.18. The van der Waals surface area contributed by atoms with Gasteiger partial charge in [-0.1, -0.05) is 0 Å².